The van der Waals surface area contributed by atoms with Crippen molar-refractivity contribution in [1.29, 1.82) is 0 Å². The molecule has 20 heavy (non-hydrogen) atoms. The van der Waals surface area contributed by atoms with Gasteiger partial charge in [0.05, 0.1) is 7.11 Å². The summed E-state index contributed by atoms with van der Waals surface area (Å²) in [4.78, 5) is 25.2. The average Bonchev–Trinajstić information content (AvgIpc) is 2.95. The molecule has 0 aromatic carbocycles. The molecule has 0 atom stereocenters. The molecule has 0 saturated carbocycles. The fourth-order valence-corrected chi connectivity index (χ4v) is 1.82. The standard InChI is InChI=1S/C12H21N5O3/c1-4-10(5-2)6-16(8-12(19)20-3)11(18)7-17-9-13-14-15-17/h9-10H,4-8H2,1-3H3. The average molecular weight is 283 g/mol. The van der Waals surface area contributed by atoms with Gasteiger partial charge in [-0.25, -0.2) is 4.68 Å². The molecule has 0 aliphatic heterocycles. The molecule has 8 heteroatoms. The predicted octanol–water partition coefficient (Wildman–Crippen LogP) is 0.111. The van der Waals surface area contributed by atoms with E-state index in [1.807, 2.05) is 0 Å². The first-order valence-corrected chi connectivity index (χ1v) is 6.66. The third kappa shape index (κ3) is 4.94. The number of rotatable bonds is 8. The molecule has 1 aromatic heterocycles. The van der Waals surface area contributed by atoms with Crippen molar-refractivity contribution in [2.75, 3.05) is 20.2 Å². The van der Waals surface area contributed by atoms with Crippen LogP contribution in [0.5, 0.6) is 0 Å². The lowest BCUT2D eigenvalue weighted by Crippen LogP contribution is -2.41. The number of amides is 1. The van der Waals surface area contributed by atoms with Crippen LogP contribution in [0.3, 0.4) is 0 Å². The Kier molecular flexibility index (Phi) is 6.61. The first-order valence-electron chi connectivity index (χ1n) is 6.66. The van der Waals surface area contributed by atoms with Crippen LogP contribution in [-0.2, 0) is 20.9 Å². The minimum atomic E-state index is -0.430. The summed E-state index contributed by atoms with van der Waals surface area (Å²) in [5.41, 5.74) is 0. The highest BCUT2D eigenvalue weighted by Crippen LogP contribution is 2.10. The number of carbonyl (C=O) groups excluding carboxylic acids is 2. The second kappa shape index (κ2) is 8.23. The Balaban J connectivity index is 2.69. The summed E-state index contributed by atoms with van der Waals surface area (Å²) in [6.07, 6.45) is 3.27. The van der Waals surface area contributed by atoms with Gasteiger partial charge in [-0.05, 0) is 16.3 Å². The maximum atomic E-state index is 12.2. The molecule has 0 N–H and O–H groups in total. The minimum Gasteiger partial charge on any atom is -0.468 e. The number of tetrazole rings is 1. The van der Waals surface area contributed by atoms with E-state index in [1.165, 1.54) is 23.0 Å². The monoisotopic (exact) mass is 283 g/mol. The molecule has 0 aliphatic carbocycles. The fourth-order valence-electron chi connectivity index (χ4n) is 1.82. The number of esters is 1. The number of ether oxygens (including phenoxy) is 1. The van der Waals surface area contributed by atoms with Crippen LogP contribution in [0.2, 0.25) is 0 Å². The van der Waals surface area contributed by atoms with Crippen molar-refractivity contribution in [1.82, 2.24) is 25.1 Å². The molecule has 1 aromatic rings. The molecule has 0 saturated heterocycles. The number of carbonyl (C=O) groups is 2. The molecular weight excluding hydrogens is 262 g/mol. The summed E-state index contributed by atoms with van der Waals surface area (Å²) in [5, 5.41) is 10.6. The zero-order chi connectivity index (χ0) is 15.0. The molecule has 1 amide bonds. The minimum absolute atomic E-state index is 0.0180. The van der Waals surface area contributed by atoms with Crippen molar-refractivity contribution in [3.8, 4) is 0 Å². The van der Waals surface area contributed by atoms with Gasteiger partial charge in [0.1, 0.15) is 19.4 Å². The van der Waals surface area contributed by atoms with E-state index in [-0.39, 0.29) is 19.0 Å². The lowest BCUT2D eigenvalue weighted by atomic mass is 10.0. The Hall–Kier alpha value is -1.99. The van der Waals surface area contributed by atoms with Crippen molar-refractivity contribution < 1.29 is 14.3 Å². The molecule has 112 valence electrons. The highest BCUT2D eigenvalue weighted by molar-refractivity contribution is 5.81. The Morgan fingerprint density at radius 1 is 1.35 bits per heavy atom. The quantitative estimate of drug-likeness (QED) is 0.629. The van der Waals surface area contributed by atoms with Crippen LogP contribution in [0.4, 0.5) is 0 Å². The van der Waals surface area contributed by atoms with Crippen molar-refractivity contribution in [2.24, 2.45) is 5.92 Å². The van der Waals surface area contributed by atoms with Crippen molar-refractivity contribution in [2.45, 2.75) is 33.2 Å². The van der Waals surface area contributed by atoms with Gasteiger partial charge in [0.15, 0.2) is 0 Å². The zero-order valence-corrected chi connectivity index (χ0v) is 12.2. The predicted molar refractivity (Wildman–Crippen MR) is 70.5 cm³/mol. The Labute approximate surface area is 118 Å². The summed E-state index contributed by atoms with van der Waals surface area (Å²) in [6.45, 7) is 4.63. The largest absolute Gasteiger partial charge is 0.468 e. The summed E-state index contributed by atoms with van der Waals surface area (Å²) in [7, 11) is 1.31. The van der Waals surface area contributed by atoms with E-state index in [0.29, 0.717) is 12.5 Å². The number of hydrogen-bond donors (Lipinski definition) is 0. The van der Waals surface area contributed by atoms with Crippen molar-refractivity contribution >= 4 is 11.9 Å². The van der Waals surface area contributed by atoms with E-state index >= 15 is 0 Å². The first-order chi connectivity index (χ1) is 9.60. The van der Waals surface area contributed by atoms with E-state index in [4.69, 9.17) is 0 Å². The third-order valence-electron chi connectivity index (χ3n) is 3.22. The summed E-state index contributed by atoms with van der Waals surface area (Å²) < 4.78 is 5.97. The Bertz CT molecular complexity index is 417. The molecule has 1 rings (SSSR count). The first kappa shape index (κ1) is 16.1. The summed E-state index contributed by atoms with van der Waals surface area (Å²) in [5.74, 6) is -0.270. The number of aromatic nitrogens is 4. The molecule has 0 bridgehead atoms. The molecule has 0 fully saturated rings. The maximum absolute atomic E-state index is 12.2. The van der Waals surface area contributed by atoms with Gasteiger partial charge >= 0.3 is 5.97 Å². The number of hydrogen-bond acceptors (Lipinski definition) is 6. The maximum Gasteiger partial charge on any atom is 0.325 e. The Morgan fingerprint density at radius 2 is 2.05 bits per heavy atom. The highest BCUT2D eigenvalue weighted by atomic mass is 16.5. The smallest absolute Gasteiger partial charge is 0.325 e. The molecule has 0 aliphatic rings. The van der Waals surface area contributed by atoms with Crippen LogP contribution in [0.1, 0.15) is 26.7 Å². The van der Waals surface area contributed by atoms with Gasteiger partial charge in [0.2, 0.25) is 5.91 Å². The molecule has 8 nitrogen and oxygen atoms in total. The topological polar surface area (TPSA) is 90.2 Å². The normalized spacial score (nSPS) is 10.6. The van der Waals surface area contributed by atoms with Crippen LogP contribution in [0, 0.1) is 5.92 Å². The van der Waals surface area contributed by atoms with Gasteiger partial charge in [0, 0.05) is 6.54 Å². The van der Waals surface area contributed by atoms with Crippen LogP contribution < -0.4 is 0 Å². The van der Waals surface area contributed by atoms with Gasteiger partial charge in [-0.2, -0.15) is 0 Å². The van der Waals surface area contributed by atoms with E-state index < -0.39 is 5.97 Å². The molecular formula is C12H21N5O3. The zero-order valence-electron chi connectivity index (χ0n) is 12.2. The van der Waals surface area contributed by atoms with Crippen molar-refractivity contribution in [3.05, 3.63) is 6.33 Å². The number of methoxy groups -OCH3 is 1. The third-order valence-corrected chi connectivity index (χ3v) is 3.22. The van der Waals surface area contributed by atoms with E-state index in [9.17, 15) is 9.59 Å². The van der Waals surface area contributed by atoms with Gasteiger partial charge < -0.3 is 9.64 Å². The van der Waals surface area contributed by atoms with E-state index in [1.54, 1.807) is 0 Å². The second-order valence-electron chi connectivity index (χ2n) is 4.54. The lowest BCUT2D eigenvalue weighted by molar-refractivity contribution is -0.147. The van der Waals surface area contributed by atoms with Crippen LogP contribution >= 0.6 is 0 Å². The summed E-state index contributed by atoms with van der Waals surface area (Å²) in [6, 6.07) is 0. The molecule has 1 heterocycles. The molecule has 0 unspecified atom stereocenters. The van der Waals surface area contributed by atoms with E-state index in [2.05, 4.69) is 34.1 Å². The Morgan fingerprint density at radius 3 is 2.55 bits per heavy atom. The van der Waals surface area contributed by atoms with Gasteiger partial charge in [-0.15, -0.1) is 5.10 Å². The fraction of sp³-hybridized carbons (Fsp3) is 0.750. The van der Waals surface area contributed by atoms with Crippen LogP contribution in [0.25, 0.3) is 0 Å². The van der Waals surface area contributed by atoms with Gasteiger partial charge in [-0.3, -0.25) is 9.59 Å². The van der Waals surface area contributed by atoms with Crippen LogP contribution in [-0.4, -0.2) is 57.2 Å². The van der Waals surface area contributed by atoms with Gasteiger partial charge in [0.25, 0.3) is 0 Å². The van der Waals surface area contributed by atoms with Crippen molar-refractivity contribution in [3.63, 3.8) is 0 Å². The van der Waals surface area contributed by atoms with Gasteiger partial charge in [-0.1, -0.05) is 26.7 Å². The highest BCUT2D eigenvalue weighted by Gasteiger charge is 2.21. The van der Waals surface area contributed by atoms with Crippen LogP contribution in [0.15, 0.2) is 6.33 Å². The SMILES string of the molecule is CCC(CC)CN(CC(=O)OC)C(=O)Cn1cnnn1. The van der Waals surface area contributed by atoms with E-state index in [0.717, 1.165) is 12.8 Å². The summed E-state index contributed by atoms with van der Waals surface area (Å²) >= 11 is 0. The number of nitrogens with zero attached hydrogens (tertiary/aromatic N) is 5. The molecule has 0 radical (unpaired) electrons. The second-order valence-corrected chi connectivity index (χ2v) is 4.54. The molecule has 0 spiro atoms. The lowest BCUT2D eigenvalue weighted by Gasteiger charge is -2.25.